The van der Waals surface area contributed by atoms with Crippen LogP contribution in [0.2, 0.25) is 0 Å². The smallest absolute Gasteiger partial charge is 0.0565 e. The molecule has 6 rings (SSSR count). The van der Waals surface area contributed by atoms with Crippen molar-refractivity contribution in [3.05, 3.63) is 133 Å². The maximum absolute atomic E-state index is 2.62. The highest BCUT2D eigenvalue weighted by molar-refractivity contribution is 5.95. The van der Waals surface area contributed by atoms with E-state index in [1.807, 2.05) is 0 Å². The fraction of sp³-hybridized carbons (Fsp3) is 0.273. The van der Waals surface area contributed by atoms with Gasteiger partial charge in [0.05, 0.1) is 11.4 Å². The summed E-state index contributed by atoms with van der Waals surface area (Å²) in [6.07, 6.45) is 9.85. The van der Waals surface area contributed by atoms with Gasteiger partial charge in [-0.3, -0.25) is 0 Å². The summed E-state index contributed by atoms with van der Waals surface area (Å²) >= 11 is 0. The molecule has 0 saturated carbocycles. The SMILES string of the molecule is CCCCCCn1c(-c2ccccc2)cc(-c2cc(-c3ccccc3)n(CCCCCC)c2-c2ccccc2)c1-c1ccccc1. The molecule has 2 aromatic heterocycles. The molecule has 0 radical (unpaired) electrons. The van der Waals surface area contributed by atoms with Crippen LogP contribution in [0.3, 0.4) is 0 Å². The third-order valence-electron chi connectivity index (χ3n) is 9.19. The van der Waals surface area contributed by atoms with Gasteiger partial charge in [-0.1, -0.05) is 174 Å². The van der Waals surface area contributed by atoms with Crippen molar-refractivity contribution in [1.82, 2.24) is 9.13 Å². The average Bonchev–Trinajstić information content (AvgIpc) is 3.69. The highest BCUT2D eigenvalue weighted by atomic mass is 15.0. The van der Waals surface area contributed by atoms with Crippen LogP contribution in [0, 0.1) is 0 Å². The van der Waals surface area contributed by atoms with Crippen molar-refractivity contribution >= 4 is 0 Å². The maximum atomic E-state index is 2.62. The quantitative estimate of drug-likeness (QED) is 0.103. The van der Waals surface area contributed by atoms with E-state index in [1.165, 1.54) is 108 Å². The number of benzene rings is 4. The summed E-state index contributed by atoms with van der Waals surface area (Å²) in [4.78, 5) is 0. The molecule has 0 atom stereocenters. The minimum absolute atomic E-state index is 0.998. The van der Waals surface area contributed by atoms with Gasteiger partial charge in [0, 0.05) is 35.6 Å². The fourth-order valence-electron chi connectivity index (χ4n) is 6.88. The Balaban J connectivity index is 1.64. The van der Waals surface area contributed by atoms with E-state index in [0.717, 1.165) is 13.1 Å². The summed E-state index contributed by atoms with van der Waals surface area (Å²) in [5.41, 5.74) is 12.9. The van der Waals surface area contributed by atoms with Crippen LogP contribution in [0.1, 0.15) is 65.2 Å². The number of unbranched alkanes of at least 4 members (excludes halogenated alkanes) is 6. The van der Waals surface area contributed by atoms with Crippen LogP contribution >= 0.6 is 0 Å². The molecule has 6 aromatic rings. The third kappa shape index (κ3) is 6.97. The molecule has 2 nitrogen and oxygen atoms in total. The molecule has 0 bridgehead atoms. The standard InChI is InChI=1S/C44H48N2/c1-3-5-7-21-31-45-41(35-23-13-9-14-24-35)33-39(43(45)37-27-17-11-18-28-37)40-34-42(36-25-15-10-16-26-36)46(32-22-8-6-4-2)44(40)38-29-19-12-20-30-38/h9-20,23-30,33-34H,3-8,21-22,31-32H2,1-2H3. The molecule has 46 heavy (non-hydrogen) atoms. The van der Waals surface area contributed by atoms with Crippen molar-refractivity contribution in [3.63, 3.8) is 0 Å². The lowest BCUT2D eigenvalue weighted by atomic mass is 9.97. The summed E-state index contributed by atoms with van der Waals surface area (Å²) in [6, 6.07) is 49.1. The normalized spacial score (nSPS) is 11.3. The molecule has 0 amide bonds. The summed E-state index contributed by atoms with van der Waals surface area (Å²) < 4.78 is 5.23. The van der Waals surface area contributed by atoms with Gasteiger partial charge in [-0.15, -0.1) is 0 Å². The Morgan fingerprint density at radius 1 is 0.370 bits per heavy atom. The molecule has 0 aliphatic heterocycles. The molecule has 0 saturated heterocycles. The van der Waals surface area contributed by atoms with Crippen LogP contribution in [0.5, 0.6) is 0 Å². The molecular formula is C44H48N2. The van der Waals surface area contributed by atoms with Crippen LogP contribution in [0.15, 0.2) is 133 Å². The Morgan fingerprint density at radius 2 is 0.696 bits per heavy atom. The second kappa shape index (κ2) is 15.6. The lowest BCUT2D eigenvalue weighted by molar-refractivity contribution is 0.590. The number of nitrogens with zero attached hydrogens (tertiary/aromatic N) is 2. The lowest BCUT2D eigenvalue weighted by Crippen LogP contribution is -2.04. The van der Waals surface area contributed by atoms with Gasteiger partial charge in [0.1, 0.15) is 0 Å². The van der Waals surface area contributed by atoms with Gasteiger partial charge >= 0.3 is 0 Å². The Labute approximate surface area is 276 Å². The van der Waals surface area contributed by atoms with Crippen LogP contribution in [0.4, 0.5) is 0 Å². The monoisotopic (exact) mass is 604 g/mol. The topological polar surface area (TPSA) is 9.86 Å². The van der Waals surface area contributed by atoms with Crippen LogP contribution in [-0.4, -0.2) is 9.13 Å². The lowest BCUT2D eigenvalue weighted by Gasteiger charge is -2.17. The van der Waals surface area contributed by atoms with Gasteiger partial charge in [-0.2, -0.15) is 0 Å². The summed E-state index contributed by atoms with van der Waals surface area (Å²) in [5, 5.41) is 0. The maximum Gasteiger partial charge on any atom is 0.0565 e. The summed E-state index contributed by atoms with van der Waals surface area (Å²) in [6.45, 7) is 6.58. The zero-order valence-corrected chi connectivity index (χ0v) is 27.7. The van der Waals surface area contributed by atoms with Crippen molar-refractivity contribution in [3.8, 4) is 56.2 Å². The fourth-order valence-corrected chi connectivity index (χ4v) is 6.88. The minimum Gasteiger partial charge on any atom is -0.340 e. The molecule has 2 heteroatoms. The van der Waals surface area contributed by atoms with E-state index in [2.05, 4.69) is 156 Å². The van der Waals surface area contributed by atoms with Gasteiger partial charge in [0.25, 0.3) is 0 Å². The molecule has 0 fully saturated rings. The van der Waals surface area contributed by atoms with E-state index in [1.54, 1.807) is 0 Å². The van der Waals surface area contributed by atoms with E-state index in [-0.39, 0.29) is 0 Å². The van der Waals surface area contributed by atoms with Crippen molar-refractivity contribution in [2.24, 2.45) is 0 Å². The molecule has 0 spiro atoms. The molecule has 4 aromatic carbocycles. The van der Waals surface area contributed by atoms with Gasteiger partial charge in [0.2, 0.25) is 0 Å². The zero-order chi connectivity index (χ0) is 31.6. The van der Waals surface area contributed by atoms with Crippen molar-refractivity contribution in [2.45, 2.75) is 78.3 Å². The van der Waals surface area contributed by atoms with E-state index >= 15 is 0 Å². The van der Waals surface area contributed by atoms with Crippen molar-refractivity contribution in [1.29, 1.82) is 0 Å². The summed E-state index contributed by atoms with van der Waals surface area (Å²) in [7, 11) is 0. The van der Waals surface area contributed by atoms with Gasteiger partial charge in [-0.25, -0.2) is 0 Å². The van der Waals surface area contributed by atoms with Gasteiger partial charge in [-0.05, 0) is 47.2 Å². The predicted molar refractivity (Wildman–Crippen MR) is 198 cm³/mol. The molecule has 234 valence electrons. The number of hydrogen-bond acceptors (Lipinski definition) is 0. The summed E-state index contributed by atoms with van der Waals surface area (Å²) in [5.74, 6) is 0. The largest absolute Gasteiger partial charge is 0.340 e. The molecule has 0 unspecified atom stereocenters. The molecule has 0 aliphatic carbocycles. The van der Waals surface area contributed by atoms with E-state index in [9.17, 15) is 0 Å². The average molecular weight is 605 g/mol. The zero-order valence-electron chi connectivity index (χ0n) is 27.7. The van der Waals surface area contributed by atoms with Crippen LogP contribution in [-0.2, 0) is 13.1 Å². The van der Waals surface area contributed by atoms with E-state index < -0.39 is 0 Å². The highest BCUT2D eigenvalue weighted by Gasteiger charge is 2.25. The number of aromatic nitrogens is 2. The predicted octanol–water partition coefficient (Wildman–Crippen LogP) is 12.8. The van der Waals surface area contributed by atoms with Crippen LogP contribution < -0.4 is 0 Å². The molecule has 0 N–H and O–H groups in total. The van der Waals surface area contributed by atoms with E-state index in [4.69, 9.17) is 0 Å². The molecular weight excluding hydrogens is 556 g/mol. The minimum atomic E-state index is 0.998. The van der Waals surface area contributed by atoms with Crippen molar-refractivity contribution < 1.29 is 0 Å². The second-order valence-electron chi connectivity index (χ2n) is 12.5. The Bertz CT molecular complexity index is 1640. The second-order valence-corrected chi connectivity index (χ2v) is 12.5. The first kappa shape index (κ1) is 31.4. The van der Waals surface area contributed by atoms with Gasteiger partial charge < -0.3 is 9.13 Å². The Hall–Kier alpha value is -4.56. The van der Waals surface area contributed by atoms with Crippen LogP contribution in [0.25, 0.3) is 56.2 Å². The Kier molecular flexibility index (Phi) is 10.7. The first-order valence-electron chi connectivity index (χ1n) is 17.5. The molecule has 0 aliphatic rings. The molecule has 2 heterocycles. The number of rotatable bonds is 15. The first-order chi connectivity index (χ1) is 22.8. The highest BCUT2D eigenvalue weighted by Crippen LogP contribution is 2.46. The van der Waals surface area contributed by atoms with Gasteiger partial charge in [0.15, 0.2) is 0 Å². The Morgan fingerprint density at radius 3 is 1.02 bits per heavy atom. The van der Waals surface area contributed by atoms with E-state index in [0.29, 0.717) is 0 Å². The van der Waals surface area contributed by atoms with Crippen molar-refractivity contribution in [2.75, 3.05) is 0 Å². The first-order valence-corrected chi connectivity index (χ1v) is 17.5. The third-order valence-corrected chi connectivity index (χ3v) is 9.19. The number of hydrogen-bond donors (Lipinski definition) is 0.